The van der Waals surface area contributed by atoms with Crippen LogP contribution < -0.4 is 10.2 Å². The number of likely N-dealkylation sites (N-methyl/N-ethyl adjacent to an activating group) is 1. The minimum Gasteiger partial charge on any atom is -0.465 e. The third kappa shape index (κ3) is 6.78. The number of azo groups is 1. The molecule has 0 aromatic heterocycles. The Kier molecular flexibility index (Phi) is 8.87. The van der Waals surface area contributed by atoms with Gasteiger partial charge in [0.25, 0.3) is 5.69 Å². The van der Waals surface area contributed by atoms with Gasteiger partial charge in [0.15, 0.2) is 5.69 Å². The normalized spacial score (nSPS) is 10.5. The summed E-state index contributed by atoms with van der Waals surface area (Å²) in [4.78, 5) is 46.0. The zero-order valence-corrected chi connectivity index (χ0v) is 19.0. The standard InChI is InChI=1S/C21H21N7O7/c1-4-26(12-20(30)35-5-2)15-6-7-17(18(9-15)23-13(3)29)24-25-21-14(11-22)8-16(27(31)32)10-19(21)28(33)34/h6-10H,4-5,12H2,1-3H3,(H,23,29). The molecule has 2 rings (SSSR count). The number of esters is 1. The number of carbonyl (C=O) groups is 2. The van der Waals surface area contributed by atoms with E-state index in [0.29, 0.717) is 18.3 Å². The van der Waals surface area contributed by atoms with Gasteiger partial charge in [0.1, 0.15) is 18.3 Å². The lowest BCUT2D eigenvalue weighted by molar-refractivity contribution is -0.393. The summed E-state index contributed by atoms with van der Waals surface area (Å²) in [7, 11) is 0. The molecule has 0 aliphatic carbocycles. The van der Waals surface area contributed by atoms with Crippen LogP contribution >= 0.6 is 0 Å². The maximum Gasteiger partial charge on any atom is 0.325 e. The van der Waals surface area contributed by atoms with Crippen LogP contribution in [0.2, 0.25) is 0 Å². The van der Waals surface area contributed by atoms with E-state index < -0.39 is 44.3 Å². The second-order valence-corrected chi connectivity index (χ2v) is 6.89. The molecular formula is C21H21N7O7. The van der Waals surface area contributed by atoms with Gasteiger partial charge >= 0.3 is 11.7 Å². The van der Waals surface area contributed by atoms with E-state index in [0.717, 1.165) is 6.07 Å². The van der Waals surface area contributed by atoms with Crippen LogP contribution in [0, 0.1) is 31.6 Å². The highest BCUT2D eigenvalue weighted by atomic mass is 16.6. The summed E-state index contributed by atoms with van der Waals surface area (Å²) in [5, 5.41) is 42.2. The molecule has 0 atom stereocenters. The molecule has 0 bridgehead atoms. The van der Waals surface area contributed by atoms with E-state index in [2.05, 4.69) is 15.5 Å². The first-order chi connectivity index (χ1) is 16.6. The van der Waals surface area contributed by atoms with Crippen molar-refractivity contribution in [3.63, 3.8) is 0 Å². The van der Waals surface area contributed by atoms with Gasteiger partial charge < -0.3 is 15.0 Å². The van der Waals surface area contributed by atoms with E-state index in [4.69, 9.17) is 4.74 Å². The van der Waals surface area contributed by atoms with E-state index in [-0.39, 0.29) is 24.5 Å². The Labute approximate surface area is 199 Å². The number of non-ortho nitro benzene ring substituents is 1. The molecule has 0 spiro atoms. The highest BCUT2D eigenvalue weighted by molar-refractivity contribution is 5.93. The van der Waals surface area contributed by atoms with Crippen molar-refractivity contribution in [1.29, 1.82) is 5.26 Å². The molecule has 14 heteroatoms. The topological polar surface area (TPSA) is 193 Å². The predicted octanol–water partition coefficient (Wildman–Crippen LogP) is 4.14. The van der Waals surface area contributed by atoms with E-state index in [9.17, 15) is 35.1 Å². The van der Waals surface area contributed by atoms with Crippen LogP contribution in [0.1, 0.15) is 26.3 Å². The zero-order chi connectivity index (χ0) is 26.1. The number of ether oxygens (including phenoxy) is 1. The number of nitro benzene ring substituents is 2. The van der Waals surface area contributed by atoms with Crippen molar-refractivity contribution in [2.24, 2.45) is 10.2 Å². The molecule has 0 unspecified atom stereocenters. The summed E-state index contributed by atoms with van der Waals surface area (Å²) in [5.74, 6) is -0.875. The number of hydrogen-bond acceptors (Lipinski definition) is 11. The molecule has 35 heavy (non-hydrogen) atoms. The van der Waals surface area contributed by atoms with Crippen molar-refractivity contribution in [3.05, 3.63) is 56.1 Å². The molecule has 1 amide bonds. The van der Waals surface area contributed by atoms with Gasteiger partial charge in [-0.15, -0.1) is 10.2 Å². The fourth-order valence-electron chi connectivity index (χ4n) is 2.99. The molecular weight excluding hydrogens is 462 g/mol. The Hall–Kier alpha value is -4.93. The van der Waals surface area contributed by atoms with Gasteiger partial charge in [-0.1, -0.05) is 0 Å². The number of rotatable bonds is 10. The Morgan fingerprint density at radius 1 is 1.14 bits per heavy atom. The van der Waals surface area contributed by atoms with Crippen molar-refractivity contribution in [2.75, 3.05) is 29.9 Å². The molecule has 0 aliphatic heterocycles. The van der Waals surface area contributed by atoms with Gasteiger partial charge in [0.05, 0.1) is 33.8 Å². The first-order valence-corrected chi connectivity index (χ1v) is 10.2. The molecule has 182 valence electrons. The van der Waals surface area contributed by atoms with Crippen LogP contribution in [0.5, 0.6) is 0 Å². The van der Waals surface area contributed by atoms with Crippen LogP contribution in [-0.4, -0.2) is 41.4 Å². The number of amides is 1. The van der Waals surface area contributed by atoms with Crippen LogP contribution in [0.4, 0.5) is 34.1 Å². The number of benzene rings is 2. The van der Waals surface area contributed by atoms with Gasteiger partial charge in [-0.2, -0.15) is 5.26 Å². The molecule has 0 radical (unpaired) electrons. The maximum absolute atomic E-state index is 11.9. The highest BCUT2D eigenvalue weighted by Gasteiger charge is 2.24. The summed E-state index contributed by atoms with van der Waals surface area (Å²) < 4.78 is 4.97. The minimum absolute atomic E-state index is 0.0365. The summed E-state index contributed by atoms with van der Waals surface area (Å²) in [5.41, 5.74) is -1.47. The number of nitrogens with zero attached hydrogens (tertiary/aromatic N) is 6. The number of nitro groups is 2. The Balaban J connectivity index is 2.55. The second kappa shape index (κ2) is 11.8. The largest absolute Gasteiger partial charge is 0.465 e. The number of anilines is 2. The molecule has 0 saturated carbocycles. The first kappa shape index (κ1) is 26.3. The molecule has 0 saturated heterocycles. The number of nitrogens with one attached hydrogen (secondary N) is 1. The molecule has 1 N–H and O–H groups in total. The fraction of sp³-hybridized carbons (Fsp3) is 0.286. The van der Waals surface area contributed by atoms with E-state index in [1.54, 1.807) is 24.0 Å². The van der Waals surface area contributed by atoms with Crippen molar-refractivity contribution in [2.45, 2.75) is 20.8 Å². The van der Waals surface area contributed by atoms with Crippen molar-refractivity contribution < 1.29 is 24.2 Å². The number of carbonyl (C=O) groups excluding carboxylic acids is 2. The highest BCUT2D eigenvalue weighted by Crippen LogP contribution is 2.38. The lowest BCUT2D eigenvalue weighted by Gasteiger charge is -2.23. The quantitative estimate of drug-likeness (QED) is 0.224. The minimum atomic E-state index is -0.908. The molecule has 0 heterocycles. The summed E-state index contributed by atoms with van der Waals surface area (Å²) in [6, 6.07) is 7.77. The molecule has 14 nitrogen and oxygen atoms in total. The number of nitriles is 1. The maximum atomic E-state index is 11.9. The van der Waals surface area contributed by atoms with Crippen LogP contribution in [0.15, 0.2) is 40.6 Å². The van der Waals surface area contributed by atoms with E-state index >= 15 is 0 Å². The molecule has 2 aromatic carbocycles. The molecule has 2 aromatic rings. The smallest absolute Gasteiger partial charge is 0.325 e. The molecule has 0 aliphatic rings. The van der Waals surface area contributed by atoms with Gasteiger partial charge in [-0.3, -0.25) is 29.8 Å². The van der Waals surface area contributed by atoms with Gasteiger partial charge in [0.2, 0.25) is 5.91 Å². The monoisotopic (exact) mass is 483 g/mol. The third-order valence-electron chi connectivity index (χ3n) is 4.52. The predicted molar refractivity (Wildman–Crippen MR) is 124 cm³/mol. The van der Waals surface area contributed by atoms with Gasteiger partial charge in [0, 0.05) is 25.2 Å². The Morgan fingerprint density at radius 3 is 2.40 bits per heavy atom. The fourth-order valence-corrected chi connectivity index (χ4v) is 2.99. The summed E-state index contributed by atoms with van der Waals surface area (Å²) >= 11 is 0. The average molecular weight is 483 g/mol. The van der Waals surface area contributed by atoms with Crippen LogP contribution in [0.3, 0.4) is 0 Å². The van der Waals surface area contributed by atoms with Gasteiger partial charge in [-0.05, 0) is 32.0 Å². The van der Waals surface area contributed by atoms with Crippen molar-refractivity contribution in [1.82, 2.24) is 0 Å². The Morgan fingerprint density at radius 2 is 1.86 bits per heavy atom. The Bertz CT molecular complexity index is 1240. The molecule has 0 fully saturated rings. The van der Waals surface area contributed by atoms with Crippen molar-refractivity contribution in [3.8, 4) is 6.07 Å². The summed E-state index contributed by atoms with van der Waals surface area (Å²) in [6.45, 7) is 5.41. The van der Waals surface area contributed by atoms with Crippen molar-refractivity contribution >= 4 is 46.0 Å². The SMILES string of the molecule is CCOC(=O)CN(CC)c1ccc(N=Nc2c(C#N)cc([N+](=O)[O-])cc2[N+](=O)[O-])c(NC(C)=O)c1. The third-order valence-corrected chi connectivity index (χ3v) is 4.52. The van der Waals surface area contributed by atoms with Gasteiger partial charge in [-0.25, -0.2) is 0 Å². The number of hydrogen-bond donors (Lipinski definition) is 1. The first-order valence-electron chi connectivity index (χ1n) is 10.2. The average Bonchev–Trinajstić information content (AvgIpc) is 2.80. The van der Waals surface area contributed by atoms with Crippen LogP contribution in [0.25, 0.3) is 0 Å². The van der Waals surface area contributed by atoms with E-state index in [1.807, 2.05) is 6.92 Å². The van der Waals surface area contributed by atoms with Crippen LogP contribution in [-0.2, 0) is 14.3 Å². The lowest BCUT2D eigenvalue weighted by atomic mass is 10.1. The lowest BCUT2D eigenvalue weighted by Crippen LogP contribution is -2.30. The zero-order valence-electron chi connectivity index (χ0n) is 19.0. The van der Waals surface area contributed by atoms with E-state index in [1.165, 1.54) is 19.1 Å². The second-order valence-electron chi connectivity index (χ2n) is 6.89. The summed E-state index contributed by atoms with van der Waals surface area (Å²) in [6.07, 6.45) is 0.